The van der Waals surface area contributed by atoms with Gasteiger partial charge in [-0.1, -0.05) is 0 Å². The van der Waals surface area contributed by atoms with Gasteiger partial charge in [-0.2, -0.15) is 0 Å². The van der Waals surface area contributed by atoms with Crippen LogP contribution in [0.25, 0.3) is 0 Å². The van der Waals surface area contributed by atoms with E-state index in [1.165, 1.54) is 0 Å². The van der Waals surface area contributed by atoms with Gasteiger partial charge < -0.3 is 19.8 Å². The summed E-state index contributed by atoms with van der Waals surface area (Å²) in [6.07, 6.45) is 0. The second-order valence-corrected chi connectivity index (χ2v) is 0.577. The van der Waals surface area contributed by atoms with Gasteiger partial charge in [0.15, 0.2) is 0 Å². The van der Waals surface area contributed by atoms with Gasteiger partial charge in [-0.3, -0.25) is 0 Å². The van der Waals surface area contributed by atoms with Crippen molar-refractivity contribution in [2.24, 2.45) is 11.5 Å². The molecular weight excluding hydrogens is 114 g/mol. The average molecular weight is 126 g/mol. The van der Waals surface area contributed by atoms with Gasteiger partial charge in [0, 0.05) is 13.1 Å². The molecule has 0 aliphatic rings. The summed E-state index contributed by atoms with van der Waals surface area (Å²) in [4.78, 5) is 0. The molecule has 0 atom stereocenters. The summed E-state index contributed by atoms with van der Waals surface area (Å²) >= 11 is 0. The SMILES string of the molecule is NCCN.O.[H-].[H-].[Na+].[Na+]. The zero-order valence-electron chi connectivity index (χ0n) is 7.07. The van der Waals surface area contributed by atoms with Crippen LogP contribution in [-0.2, 0) is 0 Å². The maximum absolute atomic E-state index is 4.90. The van der Waals surface area contributed by atoms with Crippen LogP contribution in [0.15, 0.2) is 0 Å². The van der Waals surface area contributed by atoms with Crippen molar-refractivity contribution in [3.8, 4) is 0 Å². The van der Waals surface area contributed by atoms with Gasteiger partial charge in [0.1, 0.15) is 0 Å². The Labute approximate surface area is 91.1 Å². The Morgan fingerprint density at radius 3 is 1.14 bits per heavy atom. The van der Waals surface area contributed by atoms with Crippen LogP contribution < -0.4 is 70.6 Å². The Morgan fingerprint density at radius 1 is 1.00 bits per heavy atom. The molecule has 0 aromatic carbocycles. The molecule has 0 unspecified atom stereocenters. The van der Waals surface area contributed by atoms with Crippen molar-refractivity contribution in [1.29, 1.82) is 0 Å². The van der Waals surface area contributed by atoms with Crippen LogP contribution >= 0.6 is 0 Å². The van der Waals surface area contributed by atoms with Gasteiger partial charge >= 0.3 is 59.1 Å². The second-order valence-electron chi connectivity index (χ2n) is 0.577. The standard InChI is InChI=1S/C2H8N2.2Na.H2O.2H/c3-1-2-4;;;;;/h1-4H2;;;1H2;;/q;2*+1;;2*-1. The summed E-state index contributed by atoms with van der Waals surface area (Å²) in [5, 5.41) is 0. The molecule has 0 aliphatic heterocycles. The number of hydrogen-bond donors (Lipinski definition) is 2. The fraction of sp³-hybridized carbons (Fsp3) is 1.00. The van der Waals surface area contributed by atoms with Crippen LogP contribution in [0.1, 0.15) is 2.85 Å². The molecule has 3 nitrogen and oxygen atoms in total. The molecule has 0 saturated heterocycles. The van der Waals surface area contributed by atoms with Crippen molar-refractivity contribution < 1.29 is 67.4 Å². The summed E-state index contributed by atoms with van der Waals surface area (Å²) in [6.45, 7) is 1.19. The molecule has 7 heavy (non-hydrogen) atoms. The van der Waals surface area contributed by atoms with Crippen LogP contribution in [0.3, 0.4) is 0 Å². The van der Waals surface area contributed by atoms with E-state index in [2.05, 4.69) is 0 Å². The summed E-state index contributed by atoms with van der Waals surface area (Å²) < 4.78 is 0. The topological polar surface area (TPSA) is 83.5 Å². The van der Waals surface area contributed by atoms with Crippen LogP contribution in [0.2, 0.25) is 0 Å². The van der Waals surface area contributed by atoms with E-state index in [0.29, 0.717) is 13.1 Å². The fourth-order valence-electron chi connectivity index (χ4n) is 0. The zero-order valence-corrected chi connectivity index (χ0v) is 9.07. The molecule has 6 N–H and O–H groups in total. The smallest absolute Gasteiger partial charge is 1.00 e. The van der Waals surface area contributed by atoms with Gasteiger partial charge in [0.2, 0.25) is 0 Å². The monoisotopic (exact) mass is 126 g/mol. The Balaban J connectivity index is -0.00000000450. The normalized spacial score (nSPS) is 4.29. The zero-order chi connectivity index (χ0) is 3.41. The van der Waals surface area contributed by atoms with E-state index in [0.717, 1.165) is 0 Å². The first-order valence-corrected chi connectivity index (χ1v) is 1.32. The molecule has 0 spiro atoms. The van der Waals surface area contributed by atoms with E-state index in [1.54, 1.807) is 0 Å². The third-order valence-electron chi connectivity index (χ3n) is 0.167. The molecule has 0 aromatic rings. The minimum atomic E-state index is 0. The summed E-state index contributed by atoms with van der Waals surface area (Å²) in [7, 11) is 0. The Kier molecular flexibility index (Phi) is 82.0. The molecule has 0 heterocycles. The minimum Gasteiger partial charge on any atom is -1.00 e. The molecule has 0 aromatic heterocycles. The maximum Gasteiger partial charge on any atom is 1.00 e. The third-order valence-corrected chi connectivity index (χ3v) is 0.167. The number of nitrogens with two attached hydrogens (primary N) is 2. The van der Waals surface area contributed by atoms with Gasteiger partial charge in [-0.25, -0.2) is 0 Å². The molecule has 0 bridgehead atoms. The van der Waals surface area contributed by atoms with Gasteiger partial charge in [0.25, 0.3) is 0 Å². The molecule has 0 fully saturated rings. The van der Waals surface area contributed by atoms with Crippen molar-refractivity contribution in [3.63, 3.8) is 0 Å². The molecule has 0 amide bonds. The van der Waals surface area contributed by atoms with Crippen molar-refractivity contribution >= 4 is 0 Å². The Morgan fingerprint density at radius 2 is 1.14 bits per heavy atom. The van der Waals surface area contributed by atoms with Crippen LogP contribution in [-0.4, -0.2) is 18.6 Å². The van der Waals surface area contributed by atoms with Crippen molar-refractivity contribution in [1.82, 2.24) is 0 Å². The van der Waals surface area contributed by atoms with Gasteiger partial charge in [0.05, 0.1) is 0 Å². The molecule has 0 rings (SSSR count). The van der Waals surface area contributed by atoms with Gasteiger partial charge in [-0.15, -0.1) is 0 Å². The quantitative estimate of drug-likeness (QED) is 0.342. The third kappa shape index (κ3) is 32.8. The largest absolute Gasteiger partial charge is 1.00 e. The predicted molar refractivity (Wildman–Crippen MR) is 23.9 cm³/mol. The molecule has 0 radical (unpaired) electrons. The van der Waals surface area contributed by atoms with Crippen LogP contribution in [0.4, 0.5) is 0 Å². The average Bonchev–Trinajstić information content (AvgIpc) is 1.37. The van der Waals surface area contributed by atoms with Crippen molar-refractivity contribution in [2.45, 2.75) is 0 Å². The van der Waals surface area contributed by atoms with Crippen molar-refractivity contribution in [2.75, 3.05) is 13.1 Å². The van der Waals surface area contributed by atoms with Crippen molar-refractivity contribution in [3.05, 3.63) is 0 Å². The van der Waals surface area contributed by atoms with Crippen LogP contribution in [0, 0.1) is 0 Å². The fourth-order valence-corrected chi connectivity index (χ4v) is 0. The molecule has 0 aliphatic carbocycles. The van der Waals surface area contributed by atoms with Crippen LogP contribution in [0.5, 0.6) is 0 Å². The first-order chi connectivity index (χ1) is 1.91. The first-order valence-electron chi connectivity index (χ1n) is 1.32. The van der Waals surface area contributed by atoms with E-state index < -0.39 is 0 Å². The second kappa shape index (κ2) is 24.8. The molecule has 0 saturated carbocycles. The molecule has 38 valence electrons. The predicted octanol–water partition coefficient (Wildman–Crippen LogP) is -7.69. The van der Waals surface area contributed by atoms with E-state index in [1.807, 2.05) is 0 Å². The van der Waals surface area contributed by atoms with E-state index in [-0.39, 0.29) is 67.4 Å². The van der Waals surface area contributed by atoms with E-state index in [9.17, 15) is 0 Å². The Bertz CT molecular complexity index is 22.5. The minimum absolute atomic E-state index is 0. The van der Waals surface area contributed by atoms with Gasteiger partial charge in [-0.05, 0) is 0 Å². The molecular formula is C2H12N2Na2O. The van der Waals surface area contributed by atoms with E-state index in [4.69, 9.17) is 11.5 Å². The van der Waals surface area contributed by atoms with E-state index >= 15 is 0 Å². The summed E-state index contributed by atoms with van der Waals surface area (Å²) in [5.74, 6) is 0. The molecule has 5 heteroatoms. The Hall–Kier alpha value is 1.88. The summed E-state index contributed by atoms with van der Waals surface area (Å²) in [5.41, 5.74) is 9.81. The summed E-state index contributed by atoms with van der Waals surface area (Å²) in [6, 6.07) is 0. The maximum atomic E-state index is 4.90. The number of hydrogen-bond acceptors (Lipinski definition) is 2. The first kappa shape index (κ1) is 23.2. The number of rotatable bonds is 1.